The first-order valence-corrected chi connectivity index (χ1v) is 7.69. The first-order chi connectivity index (χ1) is 10.8. The van der Waals surface area contributed by atoms with Crippen molar-refractivity contribution in [1.29, 1.82) is 0 Å². The van der Waals surface area contributed by atoms with Gasteiger partial charge in [0.1, 0.15) is 5.69 Å². The van der Waals surface area contributed by atoms with E-state index in [1.165, 1.54) is 11.1 Å². The highest BCUT2D eigenvalue weighted by atomic mass is 15.1. The lowest BCUT2D eigenvalue weighted by Gasteiger charge is -2.03. The Kier molecular flexibility index (Phi) is 2.96. The van der Waals surface area contributed by atoms with Gasteiger partial charge in [-0.1, -0.05) is 31.5 Å². The Labute approximate surface area is 128 Å². The Morgan fingerprint density at radius 3 is 2.82 bits per heavy atom. The van der Waals surface area contributed by atoms with Crippen molar-refractivity contribution >= 4 is 21.9 Å². The van der Waals surface area contributed by atoms with E-state index in [1.54, 1.807) is 0 Å². The third-order valence-corrected chi connectivity index (χ3v) is 4.15. The molecule has 0 saturated carbocycles. The van der Waals surface area contributed by atoms with Crippen molar-refractivity contribution in [2.24, 2.45) is 0 Å². The maximum atomic E-state index is 4.75. The Morgan fingerprint density at radius 2 is 1.95 bits per heavy atom. The van der Waals surface area contributed by atoms with Crippen molar-refractivity contribution in [3.05, 3.63) is 47.5 Å². The summed E-state index contributed by atoms with van der Waals surface area (Å²) >= 11 is 0. The molecule has 0 unspecified atom stereocenters. The zero-order valence-corrected chi connectivity index (χ0v) is 12.8. The minimum atomic E-state index is 0.820. The average Bonchev–Trinajstić information content (AvgIpc) is 3.11. The fourth-order valence-electron chi connectivity index (χ4n) is 3.00. The van der Waals surface area contributed by atoms with Gasteiger partial charge in [-0.25, -0.2) is 4.98 Å². The molecule has 4 aromatic rings. The van der Waals surface area contributed by atoms with Crippen LogP contribution in [0.5, 0.6) is 0 Å². The molecule has 2 aromatic carbocycles. The highest BCUT2D eigenvalue weighted by Crippen LogP contribution is 2.27. The van der Waals surface area contributed by atoms with Crippen molar-refractivity contribution in [2.45, 2.75) is 26.7 Å². The van der Waals surface area contributed by atoms with Gasteiger partial charge in [0.05, 0.1) is 16.6 Å². The molecule has 4 rings (SSSR count). The monoisotopic (exact) mass is 290 g/mol. The minimum absolute atomic E-state index is 0.820. The smallest absolute Gasteiger partial charge is 0.159 e. The van der Waals surface area contributed by atoms with Crippen LogP contribution in [0.4, 0.5) is 0 Å². The maximum Gasteiger partial charge on any atom is 0.159 e. The molecule has 0 aliphatic rings. The highest BCUT2D eigenvalue weighted by Gasteiger charge is 2.13. The van der Waals surface area contributed by atoms with Gasteiger partial charge in [0.2, 0.25) is 0 Å². The molecule has 4 heteroatoms. The Balaban J connectivity index is 1.89. The number of hydrogen-bond donors (Lipinski definition) is 2. The van der Waals surface area contributed by atoms with Crippen molar-refractivity contribution in [2.75, 3.05) is 0 Å². The van der Waals surface area contributed by atoms with Crippen LogP contribution in [0.2, 0.25) is 0 Å². The molecule has 0 aliphatic carbocycles. The van der Waals surface area contributed by atoms with Crippen molar-refractivity contribution in [3.63, 3.8) is 0 Å². The van der Waals surface area contributed by atoms with E-state index < -0.39 is 0 Å². The van der Waals surface area contributed by atoms with Gasteiger partial charge in [-0.15, -0.1) is 0 Å². The summed E-state index contributed by atoms with van der Waals surface area (Å²) in [7, 11) is 0. The van der Waals surface area contributed by atoms with Crippen LogP contribution in [0.15, 0.2) is 36.4 Å². The fraction of sp³-hybridized carbons (Fsp3) is 0.222. The summed E-state index contributed by atoms with van der Waals surface area (Å²) in [5, 5.41) is 8.58. The summed E-state index contributed by atoms with van der Waals surface area (Å²) < 4.78 is 0. The molecular formula is C18H18N4. The minimum Gasteiger partial charge on any atom is -0.337 e. The predicted molar refractivity (Wildman–Crippen MR) is 89.9 cm³/mol. The van der Waals surface area contributed by atoms with Crippen LogP contribution < -0.4 is 0 Å². The Morgan fingerprint density at radius 1 is 1.09 bits per heavy atom. The van der Waals surface area contributed by atoms with E-state index in [1.807, 2.05) is 18.2 Å². The SMILES string of the molecule is CCCc1cc2nc(-c3n[nH]c4ccccc34)[nH]c2cc1C. The first kappa shape index (κ1) is 13.1. The van der Waals surface area contributed by atoms with E-state index in [-0.39, 0.29) is 0 Å². The lowest BCUT2D eigenvalue weighted by atomic mass is 10.0. The summed E-state index contributed by atoms with van der Waals surface area (Å²) in [6.45, 7) is 4.37. The van der Waals surface area contributed by atoms with Gasteiger partial charge in [0.25, 0.3) is 0 Å². The van der Waals surface area contributed by atoms with Crippen LogP contribution in [-0.4, -0.2) is 20.2 Å². The van der Waals surface area contributed by atoms with Crippen LogP contribution in [0, 0.1) is 6.92 Å². The lowest BCUT2D eigenvalue weighted by Crippen LogP contribution is -1.88. The summed E-state index contributed by atoms with van der Waals surface area (Å²) in [5.41, 5.74) is 6.68. The Bertz CT molecular complexity index is 962. The number of fused-ring (bicyclic) bond motifs is 2. The molecule has 0 aliphatic heterocycles. The predicted octanol–water partition coefficient (Wildman–Crippen LogP) is 4.37. The molecule has 4 nitrogen and oxygen atoms in total. The molecule has 2 aromatic heterocycles. The van der Waals surface area contributed by atoms with Crippen LogP contribution in [0.3, 0.4) is 0 Å². The number of hydrogen-bond acceptors (Lipinski definition) is 2. The maximum absolute atomic E-state index is 4.75. The van der Waals surface area contributed by atoms with E-state index >= 15 is 0 Å². The average molecular weight is 290 g/mol. The number of imidazole rings is 1. The second-order valence-corrected chi connectivity index (χ2v) is 5.75. The second kappa shape index (κ2) is 4.98. The van der Waals surface area contributed by atoms with Crippen LogP contribution in [0.25, 0.3) is 33.5 Å². The summed E-state index contributed by atoms with van der Waals surface area (Å²) in [6.07, 6.45) is 2.24. The number of rotatable bonds is 3. The molecule has 2 N–H and O–H groups in total. The number of nitrogens with one attached hydrogen (secondary N) is 2. The number of para-hydroxylation sites is 1. The number of aryl methyl sites for hydroxylation is 2. The molecule has 0 bridgehead atoms. The molecule has 22 heavy (non-hydrogen) atoms. The van der Waals surface area contributed by atoms with Crippen molar-refractivity contribution < 1.29 is 0 Å². The molecule has 0 fully saturated rings. The van der Waals surface area contributed by atoms with Gasteiger partial charge in [-0.2, -0.15) is 5.10 Å². The third-order valence-electron chi connectivity index (χ3n) is 4.15. The molecular weight excluding hydrogens is 272 g/mol. The first-order valence-electron chi connectivity index (χ1n) is 7.69. The number of aromatic amines is 2. The molecule has 2 heterocycles. The fourth-order valence-corrected chi connectivity index (χ4v) is 3.00. The zero-order valence-electron chi connectivity index (χ0n) is 12.8. The third kappa shape index (κ3) is 1.99. The molecule has 110 valence electrons. The van der Waals surface area contributed by atoms with Gasteiger partial charge in [0.15, 0.2) is 5.82 Å². The van der Waals surface area contributed by atoms with Crippen LogP contribution >= 0.6 is 0 Å². The zero-order chi connectivity index (χ0) is 15.1. The largest absolute Gasteiger partial charge is 0.337 e. The number of aromatic nitrogens is 4. The van der Waals surface area contributed by atoms with Crippen LogP contribution in [0.1, 0.15) is 24.5 Å². The van der Waals surface area contributed by atoms with E-state index in [0.29, 0.717) is 0 Å². The van der Waals surface area contributed by atoms with Crippen molar-refractivity contribution in [1.82, 2.24) is 20.2 Å². The summed E-state index contributed by atoms with van der Waals surface area (Å²) in [6, 6.07) is 12.5. The molecule has 0 radical (unpaired) electrons. The normalized spacial score (nSPS) is 11.5. The molecule has 0 spiro atoms. The van der Waals surface area contributed by atoms with Gasteiger partial charge < -0.3 is 4.98 Å². The quantitative estimate of drug-likeness (QED) is 0.588. The molecule has 0 atom stereocenters. The van der Waals surface area contributed by atoms with E-state index in [0.717, 1.165) is 46.3 Å². The van der Waals surface area contributed by atoms with Gasteiger partial charge in [-0.3, -0.25) is 5.10 Å². The highest BCUT2D eigenvalue weighted by molar-refractivity contribution is 5.93. The van der Waals surface area contributed by atoms with Gasteiger partial charge in [0, 0.05) is 5.39 Å². The lowest BCUT2D eigenvalue weighted by molar-refractivity contribution is 0.914. The summed E-state index contributed by atoms with van der Waals surface area (Å²) in [4.78, 5) is 8.16. The van der Waals surface area contributed by atoms with Crippen LogP contribution in [-0.2, 0) is 6.42 Å². The number of nitrogens with zero attached hydrogens (tertiary/aromatic N) is 2. The van der Waals surface area contributed by atoms with E-state index in [4.69, 9.17) is 4.98 Å². The van der Waals surface area contributed by atoms with Gasteiger partial charge >= 0.3 is 0 Å². The molecule has 0 amide bonds. The number of benzene rings is 2. The topological polar surface area (TPSA) is 57.4 Å². The van der Waals surface area contributed by atoms with Crippen molar-refractivity contribution in [3.8, 4) is 11.5 Å². The second-order valence-electron chi connectivity index (χ2n) is 5.75. The number of H-pyrrole nitrogens is 2. The standard InChI is InChI=1S/C18H18N4/c1-3-6-12-10-16-15(9-11(12)2)19-18(20-16)17-13-7-4-5-8-14(13)21-22-17/h4-5,7-10H,3,6H2,1-2H3,(H,19,20)(H,21,22). The molecule has 0 saturated heterocycles. The van der Waals surface area contributed by atoms with Gasteiger partial charge in [-0.05, 0) is 42.7 Å². The van der Waals surface area contributed by atoms with E-state index in [2.05, 4.69) is 47.2 Å². The van der Waals surface area contributed by atoms with E-state index in [9.17, 15) is 0 Å². The Hall–Kier alpha value is -2.62. The summed E-state index contributed by atoms with van der Waals surface area (Å²) in [5.74, 6) is 0.820.